The summed E-state index contributed by atoms with van der Waals surface area (Å²) in [4.78, 5) is 29.0. The van der Waals surface area contributed by atoms with Crippen LogP contribution < -0.4 is 0 Å². The molecule has 0 bridgehead atoms. The third kappa shape index (κ3) is 3.48. The van der Waals surface area contributed by atoms with E-state index in [0.717, 1.165) is 44.6 Å². The van der Waals surface area contributed by atoms with Gasteiger partial charge in [0, 0.05) is 32.1 Å². The highest BCUT2D eigenvalue weighted by Gasteiger charge is 2.40. The first-order valence-corrected chi connectivity index (χ1v) is 10.1. The van der Waals surface area contributed by atoms with Gasteiger partial charge in [0.15, 0.2) is 0 Å². The molecule has 3 rings (SSSR count). The summed E-state index contributed by atoms with van der Waals surface area (Å²) in [6.07, 6.45) is 7.13. The molecule has 2 aliphatic rings. The predicted molar refractivity (Wildman–Crippen MR) is 95.2 cm³/mol. The van der Waals surface area contributed by atoms with Gasteiger partial charge in [0.1, 0.15) is 5.76 Å². The van der Waals surface area contributed by atoms with Crippen LogP contribution in [0.5, 0.6) is 0 Å². The Morgan fingerprint density at radius 3 is 2.96 bits per heavy atom. The second-order valence-electron chi connectivity index (χ2n) is 6.73. The van der Waals surface area contributed by atoms with E-state index in [-0.39, 0.29) is 5.91 Å². The van der Waals surface area contributed by atoms with Crippen LogP contribution in [-0.2, 0) is 4.79 Å². The minimum absolute atomic E-state index is 0.0607. The number of furan rings is 1. The Balaban J connectivity index is 1.65. The van der Waals surface area contributed by atoms with E-state index in [1.807, 2.05) is 23.6 Å². The molecule has 2 atom stereocenters. The van der Waals surface area contributed by atoms with E-state index in [0.29, 0.717) is 35.6 Å². The number of carbonyl (C=O) groups is 2. The Labute approximate surface area is 147 Å². The number of fused-ring (bicyclic) bond motifs is 1. The van der Waals surface area contributed by atoms with Crippen LogP contribution in [0.2, 0.25) is 0 Å². The fraction of sp³-hybridized carbons (Fsp3) is 0.667. The topological polar surface area (TPSA) is 53.8 Å². The average Bonchev–Trinajstić information content (AvgIpc) is 3.02. The minimum atomic E-state index is 0.0607. The molecular weight excluding hydrogens is 324 g/mol. The van der Waals surface area contributed by atoms with Crippen LogP contribution in [-0.4, -0.2) is 59.3 Å². The maximum Gasteiger partial charge on any atom is 0.257 e. The largest absolute Gasteiger partial charge is 0.469 e. The van der Waals surface area contributed by atoms with Crippen molar-refractivity contribution in [3.8, 4) is 0 Å². The summed E-state index contributed by atoms with van der Waals surface area (Å²) >= 11 is 1.83. The molecule has 2 fully saturated rings. The van der Waals surface area contributed by atoms with Gasteiger partial charge in [-0.25, -0.2) is 0 Å². The molecule has 2 aliphatic heterocycles. The normalized spacial score (nSPS) is 24.2. The zero-order chi connectivity index (χ0) is 17.1. The van der Waals surface area contributed by atoms with Crippen LogP contribution in [0.3, 0.4) is 0 Å². The lowest BCUT2D eigenvalue weighted by Gasteiger charge is -2.47. The van der Waals surface area contributed by atoms with Gasteiger partial charge in [-0.05, 0) is 50.2 Å². The van der Waals surface area contributed by atoms with E-state index >= 15 is 0 Å². The smallest absolute Gasteiger partial charge is 0.257 e. The van der Waals surface area contributed by atoms with E-state index in [4.69, 9.17) is 4.42 Å². The SMILES string of the molecule is CSCCCN1C(=O)CC[C@H]2CN(C(=O)c3ccoc3C)CC[C@H]21. The monoisotopic (exact) mass is 350 g/mol. The van der Waals surface area contributed by atoms with Crippen molar-refractivity contribution in [3.63, 3.8) is 0 Å². The van der Waals surface area contributed by atoms with Crippen LogP contribution in [0.25, 0.3) is 0 Å². The summed E-state index contributed by atoms with van der Waals surface area (Å²) in [6.45, 7) is 4.15. The summed E-state index contributed by atoms with van der Waals surface area (Å²) in [6, 6.07) is 2.06. The standard InChI is InChI=1S/C18H26N2O3S/c1-13-15(7-10-23-13)18(22)19-9-6-16-14(12-19)4-5-17(21)20(16)8-3-11-24-2/h7,10,14,16H,3-6,8-9,11-12H2,1-2H3/t14-,16+/m0/s1. The molecule has 5 nitrogen and oxygen atoms in total. The Morgan fingerprint density at radius 2 is 2.25 bits per heavy atom. The molecule has 0 aromatic carbocycles. The van der Waals surface area contributed by atoms with E-state index in [1.54, 1.807) is 12.3 Å². The number of hydrogen-bond donors (Lipinski definition) is 0. The number of carbonyl (C=O) groups excluding carboxylic acids is 2. The van der Waals surface area contributed by atoms with Crippen molar-refractivity contribution < 1.29 is 14.0 Å². The van der Waals surface area contributed by atoms with Crippen molar-refractivity contribution in [2.24, 2.45) is 5.92 Å². The summed E-state index contributed by atoms with van der Waals surface area (Å²) in [5, 5.41) is 0. The third-order valence-corrected chi connectivity index (χ3v) is 5.96. The lowest BCUT2D eigenvalue weighted by Crippen LogP contribution is -2.57. The number of rotatable bonds is 5. The molecular formula is C18H26N2O3S. The summed E-state index contributed by atoms with van der Waals surface area (Å²) in [7, 11) is 0. The highest BCUT2D eigenvalue weighted by Crippen LogP contribution is 2.32. The van der Waals surface area contributed by atoms with Gasteiger partial charge in [-0.15, -0.1) is 0 Å². The molecule has 1 aromatic heterocycles. The van der Waals surface area contributed by atoms with E-state index < -0.39 is 0 Å². The van der Waals surface area contributed by atoms with Gasteiger partial charge in [0.05, 0.1) is 11.8 Å². The zero-order valence-electron chi connectivity index (χ0n) is 14.5. The molecule has 0 saturated carbocycles. The summed E-state index contributed by atoms with van der Waals surface area (Å²) < 4.78 is 5.27. The zero-order valence-corrected chi connectivity index (χ0v) is 15.3. The molecule has 0 aliphatic carbocycles. The second kappa shape index (κ2) is 7.64. The first-order valence-electron chi connectivity index (χ1n) is 8.73. The van der Waals surface area contributed by atoms with Crippen LogP contribution in [0.4, 0.5) is 0 Å². The van der Waals surface area contributed by atoms with Crippen molar-refractivity contribution in [2.75, 3.05) is 31.6 Å². The lowest BCUT2D eigenvalue weighted by molar-refractivity contribution is -0.140. The van der Waals surface area contributed by atoms with Gasteiger partial charge < -0.3 is 14.2 Å². The number of nitrogens with zero attached hydrogens (tertiary/aromatic N) is 2. The van der Waals surface area contributed by atoms with Gasteiger partial charge >= 0.3 is 0 Å². The molecule has 6 heteroatoms. The van der Waals surface area contributed by atoms with Crippen LogP contribution >= 0.6 is 11.8 Å². The first kappa shape index (κ1) is 17.4. The van der Waals surface area contributed by atoms with Crippen LogP contribution in [0, 0.1) is 12.8 Å². The number of piperidine rings is 2. The van der Waals surface area contributed by atoms with Crippen molar-refractivity contribution in [1.29, 1.82) is 0 Å². The van der Waals surface area contributed by atoms with Crippen molar-refractivity contribution in [1.82, 2.24) is 9.80 Å². The minimum Gasteiger partial charge on any atom is -0.469 e. The Bertz CT molecular complexity index is 601. The second-order valence-corrected chi connectivity index (χ2v) is 7.72. The molecule has 24 heavy (non-hydrogen) atoms. The number of likely N-dealkylation sites (tertiary alicyclic amines) is 2. The quantitative estimate of drug-likeness (QED) is 0.766. The van der Waals surface area contributed by atoms with Gasteiger partial charge in [0.25, 0.3) is 5.91 Å². The maximum absolute atomic E-state index is 12.7. The summed E-state index contributed by atoms with van der Waals surface area (Å²) in [5.41, 5.74) is 0.664. The first-order chi connectivity index (χ1) is 11.6. The van der Waals surface area contributed by atoms with E-state index in [9.17, 15) is 9.59 Å². The molecule has 0 unspecified atom stereocenters. The highest BCUT2D eigenvalue weighted by molar-refractivity contribution is 7.98. The third-order valence-electron chi connectivity index (χ3n) is 5.27. The van der Waals surface area contributed by atoms with Crippen LogP contribution in [0.1, 0.15) is 41.8 Å². The molecule has 2 amide bonds. The van der Waals surface area contributed by atoms with E-state index in [1.165, 1.54) is 0 Å². The lowest BCUT2D eigenvalue weighted by atomic mass is 9.83. The van der Waals surface area contributed by atoms with Crippen molar-refractivity contribution in [3.05, 3.63) is 23.7 Å². The Hall–Kier alpha value is -1.43. The van der Waals surface area contributed by atoms with Gasteiger partial charge in [-0.2, -0.15) is 11.8 Å². The molecule has 0 radical (unpaired) electrons. The van der Waals surface area contributed by atoms with Crippen molar-refractivity contribution >= 4 is 23.6 Å². The molecule has 0 spiro atoms. The maximum atomic E-state index is 12.7. The molecule has 1 aromatic rings. The number of thioether (sulfide) groups is 1. The number of amides is 2. The fourth-order valence-corrected chi connectivity index (χ4v) is 4.40. The average molecular weight is 350 g/mol. The van der Waals surface area contributed by atoms with Crippen molar-refractivity contribution in [2.45, 2.75) is 38.6 Å². The molecule has 3 heterocycles. The van der Waals surface area contributed by atoms with Crippen LogP contribution in [0.15, 0.2) is 16.7 Å². The molecule has 0 N–H and O–H groups in total. The Kier molecular flexibility index (Phi) is 5.54. The predicted octanol–water partition coefficient (Wildman–Crippen LogP) is 2.79. The highest BCUT2D eigenvalue weighted by atomic mass is 32.2. The number of hydrogen-bond acceptors (Lipinski definition) is 4. The van der Waals surface area contributed by atoms with Gasteiger partial charge in [-0.3, -0.25) is 9.59 Å². The summed E-state index contributed by atoms with van der Waals surface area (Å²) in [5.74, 6) is 2.53. The van der Waals surface area contributed by atoms with E-state index in [2.05, 4.69) is 11.2 Å². The number of aryl methyl sites for hydroxylation is 1. The fourth-order valence-electron chi connectivity index (χ4n) is 3.98. The van der Waals surface area contributed by atoms with Gasteiger partial charge in [0.2, 0.25) is 5.91 Å². The molecule has 2 saturated heterocycles. The molecule has 132 valence electrons. The van der Waals surface area contributed by atoms with Gasteiger partial charge in [-0.1, -0.05) is 0 Å². The Morgan fingerprint density at radius 1 is 1.42 bits per heavy atom.